The molecule has 0 aliphatic carbocycles. The van der Waals surface area contributed by atoms with E-state index >= 15 is 0 Å². The van der Waals surface area contributed by atoms with E-state index in [0.717, 1.165) is 71.6 Å². The normalized spacial score (nSPS) is 15.3. The van der Waals surface area contributed by atoms with Gasteiger partial charge in [0.15, 0.2) is 0 Å². The van der Waals surface area contributed by atoms with Crippen molar-refractivity contribution in [2.24, 2.45) is 5.92 Å². The van der Waals surface area contributed by atoms with Crippen LogP contribution in [0, 0.1) is 5.92 Å². The molecule has 0 bridgehead atoms. The van der Waals surface area contributed by atoms with Crippen LogP contribution in [0.5, 0.6) is 0 Å². The lowest BCUT2D eigenvalue weighted by molar-refractivity contribution is -0.858. The average molecular weight is 563 g/mol. The summed E-state index contributed by atoms with van der Waals surface area (Å²) in [4.78, 5) is 12.1. The Balaban J connectivity index is 5.26. The molecule has 0 radical (unpaired) electrons. The van der Waals surface area contributed by atoms with E-state index in [4.69, 9.17) is 0 Å². The second-order valence-corrected chi connectivity index (χ2v) is 13.2. The molecule has 0 spiro atoms. The van der Waals surface area contributed by atoms with Crippen molar-refractivity contribution in [2.45, 2.75) is 78.2 Å². The molecule has 0 fully saturated rings. The number of hydrogen-bond acceptors (Lipinski definition) is 7. The largest absolute Gasteiger partial charge is 0.392 e. The summed E-state index contributed by atoms with van der Waals surface area (Å²) >= 11 is 0. The predicted molar refractivity (Wildman–Crippen MR) is 165 cm³/mol. The van der Waals surface area contributed by atoms with Gasteiger partial charge in [0, 0.05) is 71.2 Å². The van der Waals surface area contributed by atoms with E-state index in [-0.39, 0.29) is 12.2 Å². The predicted octanol–water partition coefficient (Wildman–Crippen LogP) is -1.55. The summed E-state index contributed by atoms with van der Waals surface area (Å²) in [5.41, 5.74) is 0. The van der Waals surface area contributed by atoms with Gasteiger partial charge in [-0.2, -0.15) is 0 Å². The van der Waals surface area contributed by atoms with Crippen LogP contribution in [0.2, 0.25) is 0 Å². The van der Waals surface area contributed by atoms with Crippen LogP contribution in [0.15, 0.2) is 0 Å². The van der Waals surface area contributed by atoms with E-state index in [2.05, 4.69) is 82.4 Å². The Morgan fingerprint density at radius 3 is 1.56 bits per heavy atom. The minimum absolute atomic E-state index is 0.296. The highest BCUT2D eigenvalue weighted by atomic mass is 16.3. The molecule has 236 valence electrons. The smallest absolute Gasteiger partial charge is 0.0793 e. The van der Waals surface area contributed by atoms with Gasteiger partial charge in [0.2, 0.25) is 0 Å². The molecule has 5 N–H and O–H groups in total. The van der Waals surface area contributed by atoms with E-state index < -0.39 is 6.10 Å². The number of hydrogen-bond donors (Lipinski definition) is 5. The van der Waals surface area contributed by atoms with E-state index in [9.17, 15) is 15.3 Å². The van der Waals surface area contributed by atoms with Gasteiger partial charge < -0.3 is 34.9 Å². The Bertz CT molecular complexity index is 567. The van der Waals surface area contributed by atoms with Crippen LogP contribution in [0.25, 0.3) is 0 Å². The highest BCUT2D eigenvalue weighted by Gasteiger charge is 2.20. The number of aliphatic hydroxyl groups excluding tert-OH is 3. The zero-order chi connectivity index (χ0) is 30.0. The molecular weight excluding hydrogens is 492 g/mol. The van der Waals surface area contributed by atoms with E-state index in [1.807, 2.05) is 7.05 Å². The molecule has 0 aliphatic heterocycles. The first-order valence-corrected chi connectivity index (χ1v) is 15.7. The molecule has 9 heteroatoms. The molecule has 0 saturated heterocycles. The van der Waals surface area contributed by atoms with Gasteiger partial charge in [-0.15, -0.1) is 0 Å². The third-order valence-electron chi connectivity index (χ3n) is 7.59. The molecular formula is C30H70N6O3+2. The fourth-order valence-electron chi connectivity index (χ4n) is 4.65. The van der Waals surface area contributed by atoms with Crippen LogP contribution in [0.4, 0.5) is 0 Å². The van der Waals surface area contributed by atoms with Crippen LogP contribution in [-0.2, 0) is 0 Å². The SMILES string of the molecule is CCN(C)CC(O)CN(CCN(CCC(C)C)CCN(CC(O)CC[NH+](C)C)C(C)C)CC(O)CC[NH+](C)C. The molecule has 3 atom stereocenters. The Kier molecular flexibility index (Phi) is 22.1. The Morgan fingerprint density at radius 2 is 1.08 bits per heavy atom. The van der Waals surface area contributed by atoms with Gasteiger partial charge in [0.05, 0.1) is 59.6 Å². The van der Waals surface area contributed by atoms with Gasteiger partial charge in [-0.3, -0.25) is 9.80 Å². The van der Waals surface area contributed by atoms with Gasteiger partial charge in [-0.1, -0.05) is 20.8 Å². The number of aliphatic hydroxyl groups is 3. The van der Waals surface area contributed by atoms with Crippen LogP contribution in [0.1, 0.15) is 53.9 Å². The second-order valence-electron chi connectivity index (χ2n) is 13.2. The average Bonchev–Trinajstić information content (AvgIpc) is 2.84. The molecule has 0 amide bonds. The second kappa shape index (κ2) is 22.3. The molecule has 0 aromatic rings. The molecule has 9 nitrogen and oxygen atoms in total. The fraction of sp³-hybridized carbons (Fsp3) is 1.00. The molecule has 39 heavy (non-hydrogen) atoms. The fourth-order valence-corrected chi connectivity index (χ4v) is 4.65. The number of quaternary nitrogens is 2. The first-order valence-electron chi connectivity index (χ1n) is 15.7. The maximum atomic E-state index is 10.8. The third-order valence-corrected chi connectivity index (χ3v) is 7.59. The van der Waals surface area contributed by atoms with Crippen molar-refractivity contribution in [3.05, 3.63) is 0 Å². The quantitative estimate of drug-likeness (QED) is 0.0922. The van der Waals surface area contributed by atoms with Gasteiger partial charge in [-0.05, 0) is 46.3 Å². The number of likely N-dealkylation sites (N-methyl/N-ethyl adjacent to an activating group) is 1. The summed E-state index contributed by atoms with van der Waals surface area (Å²) in [5, 5.41) is 32.2. The summed E-state index contributed by atoms with van der Waals surface area (Å²) in [6.07, 6.45) is 1.62. The lowest BCUT2D eigenvalue weighted by Gasteiger charge is -2.34. The van der Waals surface area contributed by atoms with Crippen LogP contribution >= 0.6 is 0 Å². The van der Waals surface area contributed by atoms with Crippen LogP contribution in [0.3, 0.4) is 0 Å². The first kappa shape index (κ1) is 38.6. The minimum Gasteiger partial charge on any atom is -0.392 e. The number of rotatable bonds is 25. The Morgan fingerprint density at radius 1 is 0.590 bits per heavy atom. The Hall–Kier alpha value is -0.360. The van der Waals surface area contributed by atoms with Crippen molar-refractivity contribution in [1.29, 1.82) is 0 Å². The third kappa shape index (κ3) is 22.0. The summed E-state index contributed by atoms with van der Waals surface area (Å²) in [7, 11) is 10.5. The van der Waals surface area contributed by atoms with Crippen molar-refractivity contribution in [1.82, 2.24) is 19.6 Å². The summed E-state index contributed by atoms with van der Waals surface area (Å²) < 4.78 is 0. The summed E-state index contributed by atoms with van der Waals surface area (Å²) in [6.45, 7) is 21.1. The van der Waals surface area contributed by atoms with Crippen molar-refractivity contribution >= 4 is 0 Å². The van der Waals surface area contributed by atoms with Crippen LogP contribution in [-0.4, -0.2) is 173 Å². The van der Waals surface area contributed by atoms with E-state index in [1.54, 1.807) is 0 Å². The highest BCUT2D eigenvalue weighted by Crippen LogP contribution is 2.08. The van der Waals surface area contributed by atoms with Gasteiger partial charge in [0.25, 0.3) is 0 Å². The molecule has 3 unspecified atom stereocenters. The lowest BCUT2D eigenvalue weighted by atomic mass is 10.1. The van der Waals surface area contributed by atoms with E-state index in [1.165, 1.54) is 9.80 Å². The van der Waals surface area contributed by atoms with E-state index in [0.29, 0.717) is 38.1 Å². The number of nitrogens with one attached hydrogen (secondary N) is 2. The molecule has 0 aliphatic rings. The maximum Gasteiger partial charge on any atom is 0.0793 e. The van der Waals surface area contributed by atoms with Crippen molar-refractivity contribution in [2.75, 3.05) is 114 Å². The van der Waals surface area contributed by atoms with Crippen molar-refractivity contribution in [3.63, 3.8) is 0 Å². The summed E-state index contributed by atoms with van der Waals surface area (Å²) in [5.74, 6) is 0.641. The molecule has 0 saturated carbocycles. The Labute approximate surface area is 242 Å². The minimum atomic E-state index is -0.437. The van der Waals surface area contributed by atoms with Crippen LogP contribution < -0.4 is 9.80 Å². The highest BCUT2D eigenvalue weighted by molar-refractivity contribution is 4.75. The van der Waals surface area contributed by atoms with Crippen molar-refractivity contribution in [3.8, 4) is 0 Å². The van der Waals surface area contributed by atoms with Crippen molar-refractivity contribution < 1.29 is 25.1 Å². The standard InChI is InChI=1S/C30H68N6O3/c1-11-33(10)22-30(39)24-35(23-28(37)13-15-31(6)7)19-18-34(17-12-26(2)3)20-21-36(27(4)5)25-29(38)14-16-32(8)9/h26-30,37-39H,11-25H2,1-10H3/p+2. The van der Waals surface area contributed by atoms with Gasteiger partial charge in [-0.25, -0.2) is 0 Å². The maximum absolute atomic E-state index is 10.8. The topological polar surface area (TPSA) is 82.5 Å². The molecule has 0 aromatic heterocycles. The van der Waals surface area contributed by atoms with Gasteiger partial charge >= 0.3 is 0 Å². The summed E-state index contributed by atoms with van der Waals surface area (Å²) in [6, 6.07) is 0.384. The monoisotopic (exact) mass is 563 g/mol. The zero-order valence-electron chi connectivity index (χ0n) is 27.6. The first-order chi connectivity index (χ1) is 18.2. The molecule has 0 rings (SSSR count). The number of nitrogens with zero attached hydrogens (tertiary/aromatic N) is 4. The zero-order valence-corrected chi connectivity index (χ0v) is 27.6. The van der Waals surface area contributed by atoms with Gasteiger partial charge in [0.1, 0.15) is 0 Å². The molecule has 0 aromatic carbocycles. The lowest BCUT2D eigenvalue weighted by Crippen LogP contribution is -3.05. The molecule has 0 heterocycles.